The lowest BCUT2D eigenvalue weighted by molar-refractivity contribution is 0.189. The lowest BCUT2D eigenvalue weighted by atomic mass is 10.0. The molecule has 2 heterocycles. The van der Waals surface area contributed by atoms with Crippen LogP contribution in [0.5, 0.6) is 0 Å². The number of para-hydroxylation sites is 1. The average Bonchev–Trinajstić information content (AvgIpc) is 3.32. The number of aromatic nitrogens is 4. The summed E-state index contributed by atoms with van der Waals surface area (Å²) < 4.78 is 21.9. The van der Waals surface area contributed by atoms with Crippen molar-refractivity contribution in [1.29, 1.82) is 0 Å². The van der Waals surface area contributed by atoms with E-state index in [-0.39, 0.29) is 5.02 Å². The number of hydrogen-bond acceptors (Lipinski definition) is 5. The number of hydrogen-bond donors (Lipinski definition) is 0. The van der Waals surface area contributed by atoms with Gasteiger partial charge in [0, 0.05) is 42.5 Å². The minimum Gasteiger partial charge on any atom is -0.385 e. The molecule has 8 heteroatoms. The third-order valence-electron chi connectivity index (χ3n) is 5.86. The van der Waals surface area contributed by atoms with E-state index in [2.05, 4.69) is 26.9 Å². The molecule has 5 rings (SSSR count). The van der Waals surface area contributed by atoms with E-state index in [1.165, 1.54) is 11.8 Å². The summed E-state index contributed by atoms with van der Waals surface area (Å²) in [5, 5.41) is 10.9. The quantitative estimate of drug-likeness (QED) is 0.151. The van der Waals surface area contributed by atoms with Crippen LogP contribution in [0.15, 0.2) is 84.0 Å². The van der Waals surface area contributed by atoms with Gasteiger partial charge in [0.05, 0.1) is 16.2 Å². The molecular weight excluding hydrogens is 495 g/mol. The number of methoxy groups -OCH3 is 1. The van der Waals surface area contributed by atoms with Gasteiger partial charge in [0.15, 0.2) is 11.0 Å². The molecule has 36 heavy (non-hydrogen) atoms. The largest absolute Gasteiger partial charge is 0.385 e. The highest BCUT2D eigenvalue weighted by Gasteiger charge is 2.19. The van der Waals surface area contributed by atoms with E-state index in [0.29, 0.717) is 29.6 Å². The van der Waals surface area contributed by atoms with E-state index in [1.54, 1.807) is 25.3 Å². The second-order valence-electron chi connectivity index (χ2n) is 8.24. The first-order chi connectivity index (χ1) is 17.7. The first-order valence-corrected chi connectivity index (χ1v) is 13.0. The van der Waals surface area contributed by atoms with Crippen molar-refractivity contribution < 1.29 is 9.13 Å². The molecule has 0 radical (unpaired) electrons. The van der Waals surface area contributed by atoms with Gasteiger partial charge in [0.2, 0.25) is 0 Å². The summed E-state index contributed by atoms with van der Waals surface area (Å²) in [5.74, 6) is 0.738. The van der Waals surface area contributed by atoms with Crippen molar-refractivity contribution in [3.63, 3.8) is 0 Å². The summed E-state index contributed by atoms with van der Waals surface area (Å²) in [4.78, 5) is 4.90. The zero-order chi connectivity index (χ0) is 24.9. The first-order valence-electron chi connectivity index (χ1n) is 11.6. The number of halogens is 2. The highest BCUT2D eigenvalue weighted by atomic mass is 35.5. The fourth-order valence-electron chi connectivity index (χ4n) is 4.08. The number of rotatable bonds is 9. The Balaban J connectivity index is 1.58. The Kier molecular flexibility index (Phi) is 7.60. The minimum atomic E-state index is -0.398. The molecule has 0 aliphatic heterocycles. The van der Waals surface area contributed by atoms with Gasteiger partial charge in [-0.25, -0.2) is 9.37 Å². The van der Waals surface area contributed by atoms with Gasteiger partial charge in [-0.15, -0.1) is 10.2 Å². The summed E-state index contributed by atoms with van der Waals surface area (Å²) in [5.41, 5.74) is 4.26. The second kappa shape index (κ2) is 11.2. The SMILES string of the molecule is COCCCn1c(SCc2cccc(Cl)c2F)nnc1-c1cc(-c2ccccc2)nc2ccccc12. The van der Waals surface area contributed by atoms with Crippen molar-refractivity contribution in [1.82, 2.24) is 19.7 Å². The predicted molar refractivity (Wildman–Crippen MR) is 144 cm³/mol. The predicted octanol–water partition coefficient (Wildman–Crippen LogP) is 7.28. The van der Waals surface area contributed by atoms with Crippen LogP contribution in [0.2, 0.25) is 5.02 Å². The second-order valence-corrected chi connectivity index (χ2v) is 9.59. The molecule has 0 bridgehead atoms. The zero-order valence-corrected chi connectivity index (χ0v) is 21.3. The Morgan fingerprint density at radius 3 is 2.61 bits per heavy atom. The molecule has 5 nitrogen and oxygen atoms in total. The Bertz CT molecular complexity index is 1490. The van der Waals surface area contributed by atoms with Crippen molar-refractivity contribution >= 4 is 34.3 Å². The maximum atomic E-state index is 14.5. The highest BCUT2D eigenvalue weighted by Crippen LogP contribution is 2.34. The lowest BCUT2D eigenvalue weighted by Crippen LogP contribution is -2.06. The Labute approximate surface area is 218 Å². The van der Waals surface area contributed by atoms with Crippen molar-refractivity contribution in [3.05, 3.63) is 95.3 Å². The third-order valence-corrected chi connectivity index (χ3v) is 7.17. The van der Waals surface area contributed by atoms with Crippen LogP contribution in [-0.4, -0.2) is 33.5 Å². The molecule has 0 spiro atoms. The number of fused-ring (bicyclic) bond motifs is 1. The molecule has 0 saturated carbocycles. The van der Waals surface area contributed by atoms with Gasteiger partial charge in [0.1, 0.15) is 5.82 Å². The van der Waals surface area contributed by atoms with Gasteiger partial charge in [-0.2, -0.15) is 0 Å². The summed E-state index contributed by atoms with van der Waals surface area (Å²) in [6.45, 7) is 1.27. The van der Waals surface area contributed by atoms with Gasteiger partial charge in [0.25, 0.3) is 0 Å². The van der Waals surface area contributed by atoms with E-state index in [9.17, 15) is 4.39 Å². The standard InChI is InChI=1S/C28H24ClFN4OS/c1-35-16-8-15-34-27(32-33-28(34)36-18-20-11-7-13-23(29)26(20)30)22-17-25(19-9-3-2-4-10-19)31-24-14-6-5-12-21(22)24/h2-7,9-14,17H,8,15-16,18H2,1H3. The van der Waals surface area contributed by atoms with Crippen molar-refractivity contribution in [3.8, 4) is 22.6 Å². The van der Waals surface area contributed by atoms with Gasteiger partial charge in [-0.1, -0.05) is 84.0 Å². The summed E-state index contributed by atoms with van der Waals surface area (Å²) in [6, 6.07) is 25.2. The molecule has 2 aromatic heterocycles. The zero-order valence-electron chi connectivity index (χ0n) is 19.7. The van der Waals surface area contributed by atoms with Crippen molar-refractivity contribution in [2.45, 2.75) is 23.9 Å². The Morgan fingerprint density at radius 2 is 1.78 bits per heavy atom. The van der Waals surface area contributed by atoms with Crippen LogP contribution in [-0.2, 0) is 17.0 Å². The Hall–Kier alpha value is -3.26. The van der Waals surface area contributed by atoms with Crippen molar-refractivity contribution in [2.75, 3.05) is 13.7 Å². The molecule has 0 aliphatic rings. The molecule has 0 amide bonds. The molecule has 0 N–H and O–H groups in total. The van der Waals surface area contributed by atoms with Crippen LogP contribution >= 0.6 is 23.4 Å². The van der Waals surface area contributed by atoms with Crippen LogP contribution in [0.25, 0.3) is 33.5 Å². The first kappa shape index (κ1) is 24.4. The number of ether oxygens (including phenoxy) is 1. The Morgan fingerprint density at radius 1 is 0.972 bits per heavy atom. The molecule has 182 valence electrons. The molecular formula is C28H24ClFN4OS. The lowest BCUT2D eigenvalue weighted by Gasteiger charge is -2.13. The van der Waals surface area contributed by atoms with Gasteiger partial charge >= 0.3 is 0 Å². The average molecular weight is 519 g/mol. The summed E-state index contributed by atoms with van der Waals surface area (Å²) in [6.07, 6.45) is 0.787. The van der Waals surface area contributed by atoms with E-state index in [4.69, 9.17) is 21.3 Å². The van der Waals surface area contributed by atoms with Crippen LogP contribution in [0.3, 0.4) is 0 Å². The third kappa shape index (κ3) is 5.14. The molecule has 3 aromatic carbocycles. The minimum absolute atomic E-state index is 0.118. The van der Waals surface area contributed by atoms with Crippen LogP contribution < -0.4 is 0 Å². The van der Waals surface area contributed by atoms with E-state index < -0.39 is 5.82 Å². The molecule has 5 aromatic rings. The van der Waals surface area contributed by atoms with Gasteiger partial charge < -0.3 is 9.30 Å². The molecule has 0 unspecified atom stereocenters. The fourth-order valence-corrected chi connectivity index (χ4v) is 5.22. The van der Waals surface area contributed by atoms with E-state index >= 15 is 0 Å². The van der Waals surface area contributed by atoms with E-state index in [1.807, 2.05) is 48.5 Å². The highest BCUT2D eigenvalue weighted by molar-refractivity contribution is 7.98. The van der Waals surface area contributed by atoms with Gasteiger partial charge in [-0.05, 0) is 30.2 Å². The number of pyridine rings is 1. The van der Waals surface area contributed by atoms with Crippen LogP contribution in [0, 0.1) is 5.82 Å². The normalized spacial score (nSPS) is 11.3. The van der Waals surface area contributed by atoms with Crippen molar-refractivity contribution in [2.24, 2.45) is 0 Å². The maximum absolute atomic E-state index is 14.5. The van der Waals surface area contributed by atoms with Crippen LogP contribution in [0.4, 0.5) is 4.39 Å². The summed E-state index contributed by atoms with van der Waals surface area (Å²) in [7, 11) is 1.69. The van der Waals surface area contributed by atoms with Crippen LogP contribution in [0.1, 0.15) is 12.0 Å². The molecule has 0 atom stereocenters. The number of nitrogens with zero attached hydrogens (tertiary/aromatic N) is 4. The smallest absolute Gasteiger partial charge is 0.191 e. The maximum Gasteiger partial charge on any atom is 0.191 e. The number of benzene rings is 3. The number of thioether (sulfide) groups is 1. The van der Waals surface area contributed by atoms with Gasteiger partial charge in [-0.3, -0.25) is 0 Å². The van der Waals surface area contributed by atoms with E-state index in [0.717, 1.165) is 40.0 Å². The topological polar surface area (TPSA) is 52.8 Å². The monoisotopic (exact) mass is 518 g/mol. The molecule has 0 saturated heterocycles. The fraction of sp³-hybridized carbons (Fsp3) is 0.179. The molecule has 0 aliphatic carbocycles. The summed E-state index contributed by atoms with van der Waals surface area (Å²) >= 11 is 7.42. The molecule has 0 fully saturated rings.